The van der Waals surface area contributed by atoms with Crippen molar-refractivity contribution in [3.8, 4) is 0 Å². The zero-order chi connectivity index (χ0) is 13.2. The molecule has 1 N–H and O–H groups in total. The summed E-state index contributed by atoms with van der Waals surface area (Å²) in [5.74, 6) is -1.97. The summed E-state index contributed by atoms with van der Waals surface area (Å²) in [4.78, 5) is 10.7. The topological polar surface area (TPSA) is 29.1 Å². The van der Waals surface area contributed by atoms with Crippen LogP contribution in [0.2, 0.25) is 5.02 Å². The normalized spacial score (nSPS) is 13.3. The number of benzene rings is 1. The molecule has 1 aromatic carbocycles. The highest BCUT2D eigenvalue weighted by Gasteiger charge is 2.39. The first-order valence-electron chi connectivity index (χ1n) is 4.54. The molecule has 0 spiro atoms. The zero-order valence-electron chi connectivity index (χ0n) is 8.61. The van der Waals surface area contributed by atoms with Crippen molar-refractivity contribution in [2.45, 2.75) is 19.1 Å². The van der Waals surface area contributed by atoms with Gasteiger partial charge in [0.05, 0.1) is 6.04 Å². The van der Waals surface area contributed by atoms with Gasteiger partial charge >= 0.3 is 12.1 Å². The molecule has 94 valence electrons. The first-order chi connectivity index (χ1) is 7.71. The lowest BCUT2D eigenvalue weighted by molar-refractivity contribution is -0.174. The summed E-state index contributed by atoms with van der Waals surface area (Å²) in [6, 6.07) is 3.87. The highest BCUT2D eigenvalue weighted by molar-refractivity contribution is 9.10. The Bertz CT molecular complexity index is 436. The molecule has 0 aliphatic carbocycles. The number of nitrogens with one attached hydrogen (secondary N) is 1. The molecular weight excluding hydrogens is 322 g/mol. The third kappa shape index (κ3) is 3.89. The lowest BCUT2D eigenvalue weighted by atomic mass is 10.1. The van der Waals surface area contributed by atoms with E-state index < -0.39 is 18.1 Å². The van der Waals surface area contributed by atoms with Gasteiger partial charge in [-0.15, -0.1) is 0 Å². The third-order valence-electron chi connectivity index (χ3n) is 2.03. The van der Waals surface area contributed by atoms with E-state index in [0.29, 0.717) is 15.1 Å². The Labute approximate surface area is 109 Å². The monoisotopic (exact) mass is 329 g/mol. The van der Waals surface area contributed by atoms with Crippen molar-refractivity contribution in [2.75, 3.05) is 0 Å². The standard InChI is InChI=1S/C10H8BrClF3NO/c1-5(16-9(17)10(13,14)15)7-3-2-6(12)4-8(7)11/h2-5H,1H3,(H,16,17). The number of amides is 1. The van der Waals surface area contributed by atoms with Crippen LogP contribution in [0.1, 0.15) is 18.5 Å². The zero-order valence-corrected chi connectivity index (χ0v) is 10.9. The van der Waals surface area contributed by atoms with E-state index in [4.69, 9.17) is 11.6 Å². The summed E-state index contributed by atoms with van der Waals surface area (Å²) in [5, 5.41) is 2.31. The number of carbonyl (C=O) groups is 1. The average Bonchev–Trinajstić information content (AvgIpc) is 2.15. The van der Waals surface area contributed by atoms with Crippen LogP contribution in [0.3, 0.4) is 0 Å². The van der Waals surface area contributed by atoms with Crippen LogP contribution >= 0.6 is 27.5 Å². The Kier molecular flexibility index (Phi) is 4.43. The van der Waals surface area contributed by atoms with Gasteiger partial charge in [-0.1, -0.05) is 33.6 Å². The minimum Gasteiger partial charge on any atom is -0.342 e. The minimum atomic E-state index is -4.88. The summed E-state index contributed by atoms with van der Waals surface area (Å²) in [7, 11) is 0. The highest BCUT2D eigenvalue weighted by Crippen LogP contribution is 2.27. The van der Waals surface area contributed by atoms with E-state index >= 15 is 0 Å². The molecule has 1 unspecified atom stereocenters. The largest absolute Gasteiger partial charge is 0.471 e. The van der Waals surface area contributed by atoms with Crippen LogP contribution in [0.25, 0.3) is 0 Å². The van der Waals surface area contributed by atoms with Gasteiger partial charge in [-0.05, 0) is 24.6 Å². The molecular formula is C10H8BrClF3NO. The molecule has 0 bridgehead atoms. The van der Waals surface area contributed by atoms with Gasteiger partial charge in [0.15, 0.2) is 0 Å². The van der Waals surface area contributed by atoms with Crippen molar-refractivity contribution in [2.24, 2.45) is 0 Å². The van der Waals surface area contributed by atoms with E-state index in [2.05, 4.69) is 15.9 Å². The molecule has 1 rings (SSSR count). The molecule has 0 aromatic heterocycles. The number of alkyl halides is 3. The Morgan fingerprint density at radius 3 is 2.53 bits per heavy atom. The Morgan fingerprint density at radius 2 is 2.06 bits per heavy atom. The highest BCUT2D eigenvalue weighted by atomic mass is 79.9. The molecule has 1 aromatic rings. The Balaban J connectivity index is 2.84. The van der Waals surface area contributed by atoms with Gasteiger partial charge in [-0.2, -0.15) is 13.2 Å². The Hall–Kier alpha value is -0.750. The molecule has 0 aliphatic rings. The molecule has 0 fully saturated rings. The SMILES string of the molecule is CC(NC(=O)C(F)(F)F)c1ccc(Cl)cc1Br. The van der Waals surface area contributed by atoms with Crippen LogP contribution in [0.15, 0.2) is 22.7 Å². The fourth-order valence-corrected chi connectivity index (χ4v) is 2.23. The molecule has 1 atom stereocenters. The van der Waals surface area contributed by atoms with E-state index in [9.17, 15) is 18.0 Å². The Morgan fingerprint density at radius 1 is 1.47 bits per heavy atom. The van der Waals surface area contributed by atoms with Gasteiger partial charge in [0.1, 0.15) is 0 Å². The average molecular weight is 331 g/mol. The first-order valence-corrected chi connectivity index (χ1v) is 5.71. The smallest absolute Gasteiger partial charge is 0.342 e. The van der Waals surface area contributed by atoms with Crippen molar-refractivity contribution >= 4 is 33.4 Å². The van der Waals surface area contributed by atoms with Crippen LogP contribution in [0.4, 0.5) is 13.2 Å². The second-order valence-electron chi connectivity index (χ2n) is 3.36. The number of hydrogen-bond acceptors (Lipinski definition) is 1. The summed E-state index contributed by atoms with van der Waals surface area (Å²) < 4.78 is 36.7. The van der Waals surface area contributed by atoms with E-state index in [-0.39, 0.29) is 0 Å². The fraction of sp³-hybridized carbons (Fsp3) is 0.300. The summed E-state index contributed by atoms with van der Waals surface area (Å²) in [5.41, 5.74) is 0.520. The van der Waals surface area contributed by atoms with Crippen LogP contribution < -0.4 is 5.32 Å². The van der Waals surface area contributed by atoms with Crippen LogP contribution in [0.5, 0.6) is 0 Å². The maximum atomic E-state index is 12.0. The van der Waals surface area contributed by atoms with Crippen molar-refractivity contribution in [3.63, 3.8) is 0 Å². The summed E-state index contributed by atoms with van der Waals surface area (Å²) in [6.07, 6.45) is -4.88. The van der Waals surface area contributed by atoms with E-state index in [1.54, 1.807) is 12.1 Å². The molecule has 7 heteroatoms. The summed E-state index contributed by atoms with van der Waals surface area (Å²) >= 11 is 8.87. The maximum Gasteiger partial charge on any atom is 0.471 e. The lowest BCUT2D eigenvalue weighted by Crippen LogP contribution is -2.38. The molecule has 0 radical (unpaired) electrons. The first kappa shape index (κ1) is 14.3. The second kappa shape index (κ2) is 5.27. The predicted octanol–water partition coefficient (Wildman–Crippen LogP) is 3.84. The third-order valence-corrected chi connectivity index (χ3v) is 2.96. The number of carbonyl (C=O) groups excluding carboxylic acids is 1. The molecule has 2 nitrogen and oxygen atoms in total. The van der Waals surface area contributed by atoms with Gasteiger partial charge in [0.2, 0.25) is 0 Å². The van der Waals surface area contributed by atoms with E-state index in [1.807, 2.05) is 5.32 Å². The van der Waals surface area contributed by atoms with Crippen molar-refractivity contribution in [1.82, 2.24) is 5.32 Å². The van der Waals surface area contributed by atoms with Crippen LogP contribution in [-0.4, -0.2) is 12.1 Å². The van der Waals surface area contributed by atoms with Gasteiger partial charge in [0, 0.05) is 9.50 Å². The minimum absolute atomic E-state index is 0.454. The molecule has 1 amide bonds. The van der Waals surface area contributed by atoms with Gasteiger partial charge in [-0.25, -0.2) is 0 Å². The maximum absolute atomic E-state index is 12.0. The number of hydrogen-bond donors (Lipinski definition) is 1. The predicted molar refractivity (Wildman–Crippen MR) is 61.8 cm³/mol. The van der Waals surface area contributed by atoms with Crippen LogP contribution in [0, 0.1) is 0 Å². The van der Waals surface area contributed by atoms with Gasteiger partial charge in [-0.3, -0.25) is 4.79 Å². The van der Waals surface area contributed by atoms with Gasteiger partial charge in [0.25, 0.3) is 0 Å². The van der Waals surface area contributed by atoms with E-state index in [1.165, 1.54) is 13.0 Å². The quantitative estimate of drug-likeness (QED) is 0.877. The fourth-order valence-electron chi connectivity index (χ4n) is 1.21. The van der Waals surface area contributed by atoms with Crippen molar-refractivity contribution in [3.05, 3.63) is 33.3 Å². The molecule has 0 aliphatic heterocycles. The van der Waals surface area contributed by atoms with Crippen molar-refractivity contribution in [1.29, 1.82) is 0 Å². The summed E-state index contributed by atoms with van der Waals surface area (Å²) in [6.45, 7) is 1.46. The van der Waals surface area contributed by atoms with E-state index in [0.717, 1.165) is 0 Å². The second-order valence-corrected chi connectivity index (χ2v) is 4.65. The molecule has 17 heavy (non-hydrogen) atoms. The number of rotatable bonds is 2. The molecule has 0 saturated heterocycles. The number of halogens is 5. The van der Waals surface area contributed by atoms with Crippen LogP contribution in [-0.2, 0) is 4.79 Å². The van der Waals surface area contributed by atoms with Crippen molar-refractivity contribution < 1.29 is 18.0 Å². The van der Waals surface area contributed by atoms with Gasteiger partial charge < -0.3 is 5.32 Å². The lowest BCUT2D eigenvalue weighted by Gasteiger charge is -2.17. The molecule has 0 saturated carbocycles. The molecule has 0 heterocycles.